The number of benzene rings is 3. The van der Waals surface area contributed by atoms with E-state index in [1.54, 1.807) is 17.0 Å². The summed E-state index contributed by atoms with van der Waals surface area (Å²) < 4.78 is 34.5. The van der Waals surface area contributed by atoms with Gasteiger partial charge in [0.1, 0.15) is 24.1 Å². The largest absolute Gasteiger partial charge is 0.489 e. The van der Waals surface area contributed by atoms with Crippen LogP contribution >= 0.6 is 0 Å². The Labute approximate surface area is 305 Å². The van der Waals surface area contributed by atoms with Crippen LogP contribution in [0.1, 0.15) is 66.7 Å². The average Bonchev–Trinajstić information content (AvgIpc) is 3.65. The van der Waals surface area contributed by atoms with Crippen molar-refractivity contribution in [2.45, 2.75) is 64.3 Å². The van der Waals surface area contributed by atoms with Crippen LogP contribution in [0.2, 0.25) is 0 Å². The number of rotatable bonds is 12. The topological polar surface area (TPSA) is 134 Å². The van der Waals surface area contributed by atoms with Gasteiger partial charge in [-0.1, -0.05) is 54.6 Å². The lowest BCUT2D eigenvalue weighted by atomic mass is 9.85. The summed E-state index contributed by atoms with van der Waals surface area (Å²) in [5.41, 5.74) is 2.59. The Hall–Kier alpha value is -4.65. The number of amides is 3. The molecule has 52 heavy (non-hydrogen) atoms. The van der Waals surface area contributed by atoms with E-state index in [9.17, 15) is 14.4 Å². The van der Waals surface area contributed by atoms with Gasteiger partial charge in [0.2, 0.25) is 0 Å². The lowest BCUT2D eigenvalue weighted by Gasteiger charge is -2.46. The third kappa shape index (κ3) is 10.2. The van der Waals surface area contributed by atoms with E-state index in [1.165, 1.54) is 0 Å². The fourth-order valence-electron chi connectivity index (χ4n) is 6.70. The maximum atomic E-state index is 13.6. The van der Waals surface area contributed by atoms with Crippen molar-refractivity contribution in [1.29, 1.82) is 0 Å². The van der Waals surface area contributed by atoms with E-state index in [1.807, 2.05) is 87.5 Å². The van der Waals surface area contributed by atoms with Crippen LogP contribution in [0.25, 0.3) is 0 Å². The van der Waals surface area contributed by atoms with Gasteiger partial charge >= 0.3 is 12.2 Å². The number of hydrogen-bond donors (Lipinski definition) is 2. The van der Waals surface area contributed by atoms with Gasteiger partial charge in [-0.25, -0.2) is 9.59 Å². The zero-order chi connectivity index (χ0) is 36.5. The summed E-state index contributed by atoms with van der Waals surface area (Å²) >= 11 is 0. The molecule has 0 spiro atoms. The highest BCUT2D eigenvalue weighted by molar-refractivity contribution is 5.94. The molecular weight excluding hydrogens is 666 g/mol. The minimum Gasteiger partial charge on any atom is -0.489 e. The van der Waals surface area contributed by atoms with Crippen molar-refractivity contribution >= 4 is 18.1 Å². The molecule has 2 bridgehead atoms. The van der Waals surface area contributed by atoms with Crippen LogP contribution in [0.15, 0.2) is 78.9 Å². The molecule has 0 aliphatic carbocycles. The van der Waals surface area contributed by atoms with E-state index in [4.69, 9.17) is 28.4 Å². The highest BCUT2D eigenvalue weighted by atomic mass is 16.7. The van der Waals surface area contributed by atoms with Crippen molar-refractivity contribution in [3.63, 3.8) is 0 Å². The Morgan fingerprint density at radius 3 is 2.27 bits per heavy atom. The molecule has 3 aliphatic rings. The van der Waals surface area contributed by atoms with Crippen LogP contribution in [0.5, 0.6) is 5.75 Å². The third-order valence-corrected chi connectivity index (χ3v) is 9.20. The summed E-state index contributed by atoms with van der Waals surface area (Å²) in [6.45, 7) is 9.16. The molecule has 3 fully saturated rings. The summed E-state index contributed by atoms with van der Waals surface area (Å²) in [6.07, 6.45) is 0.0373. The smallest absolute Gasteiger partial charge is 0.410 e. The lowest BCUT2D eigenvalue weighted by molar-refractivity contribution is -0.124. The van der Waals surface area contributed by atoms with E-state index >= 15 is 0 Å². The van der Waals surface area contributed by atoms with Crippen molar-refractivity contribution in [2.24, 2.45) is 11.8 Å². The molecule has 3 aromatic rings. The van der Waals surface area contributed by atoms with Crippen molar-refractivity contribution in [3.8, 4) is 5.75 Å². The number of nitrogens with one attached hydrogen (secondary N) is 2. The minimum absolute atomic E-state index is 0.130. The number of carbonyl (C=O) groups excluding carboxylic acids is 3. The molecular formula is C40H49N3O9. The summed E-state index contributed by atoms with van der Waals surface area (Å²) in [6, 6.07) is 24.1. The van der Waals surface area contributed by atoms with E-state index < -0.39 is 23.8 Å². The summed E-state index contributed by atoms with van der Waals surface area (Å²) in [5, 5.41) is 6.03. The van der Waals surface area contributed by atoms with E-state index in [2.05, 4.69) is 10.6 Å². The zero-order valence-corrected chi connectivity index (χ0v) is 30.1. The fraction of sp³-hybridized carbons (Fsp3) is 0.475. The van der Waals surface area contributed by atoms with Crippen molar-refractivity contribution < 1.29 is 42.8 Å². The lowest BCUT2D eigenvalue weighted by Crippen LogP contribution is -2.59. The first-order chi connectivity index (χ1) is 25.1. The molecule has 3 aliphatic heterocycles. The van der Waals surface area contributed by atoms with Gasteiger partial charge in [-0.15, -0.1) is 0 Å². The van der Waals surface area contributed by atoms with Crippen molar-refractivity contribution in [2.75, 3.05) is 46.1 Å². The number of alkyl carbamates (subject to hydrolysis) is 1. The number of nitrogens with zero attached hydrogens (tertiary/aromatic N) is 1. The zero-order valence-electron chi connectivity index (χ0n) is 30.1. The third-order valence-electron chi connectivity index (χ3n) is 9.20. The monoisotopic (exact) mass is 715 g/mol. The first-order valence-electron chi connectivity index (χ1n) is 18.0. The Balaban J connectivity index is 1.04. The molecule has 3 saturated heterocycles. The molecule has 3 aromatic carbocycles. The normalized spacial score (nSPS) is 20.8. The average molecular weight is 716 g/mol. The molecule has 0 radical (unpaired) electrons. The summed E-state index contributed by atoms with van der Waals surface area (Å²) in [7, 11) is 0. The molecule has 278 valence electrons. The number of ether oxygens (including phenoxy) is 6. The van der Waals surface area contributed by atoms with Gasteiger partial charge < -0.3 is 44.0 Å². The van der Waals surface area contributed by atoms with Crippen LogP contribution in [0, 0.1) is 11.8 Å². The number of piperidine rings is 1. The van der Waals surface area contributed by atoms with Crippen molar-refractivity contribution in [1.82, 2.24) is 15.5 Å². The molecule has 12 heteroatoms. The number of carbonyl (C=O) groups is 3. The molecule has 2 N–H and O–H groups in total. The first-order valence-corrected chi connectivity index (χ1v) is 18.0. The van der Waals surface area contributed by atoms with Gasteiger partial charge in [-0.2, -0.15) is 0 Å². The molecule has 3 atom stereocenters. The van der Waals surface area contributed by atoms with Crippen LogP contribution in [0.3, 0.4) is 0 Å². The van der Waals surface area contributed by atoms with Gasteiger partial charge in [0.25, 0.3) is 5.91 Å². The van der Waals surface area contributed by atoms with Crippen LogP contribution in [0.4, 0.5) is 9.59 Å². The minimum atomic E-state index is -0.600. The Bertz CT molecular complexity index is 1630. The van der Waals surface area contributed by atoms with E-state index in [0.717, 1.165) is 29.5 Å². The summed E-state index contributed by atoms with van der Waals surface area (Å²) in [5.74, 6) is 0.165. The molecule has 6 rings (SSSR count). The number of hydrogen-bond acceptors (Lipinski definition) is 9. The molecule has 0 saturated carbocycles. The molecule has 3 heterocycles. The first kappa shape index (κ1) is 37.1. The fourth-order valence-corrected chi connectivity index (χ4v) is 6.70. The van der Waals surface area contributed by atoms with Crippen LogP contribution in [-0.4, -0.2) is 87.1 Å². The maximum absolute atomic E-state index is 13.6. The van der Waals surface area contributed by atoms with Crippen molar-refractivity contribution in [3.05, 3.63) is 101 Å². The van der Waals surface area contributed by atoms with E-state index in [-0.39, 0.29) is 30.1 Å². The number of fused-ring (bicyclic) bond motifs is 2. The molecule has 0 aromatic heterocycles. The van der Waals surface area contributed by atoms with Crippen LogP contribution < -0.4 is 15.4 Å². The molecule has 3 unspecified atom stereocenters. The second kappa shape index (κ2) is 17.2. The SMILES string of the molecule is CC(C)(C)OC(=O)N1CC2COCC(C1)C2OC(=O)NC(c1ccccc1)c1cccc(OCc2ccc(C(=O)NCCCC3OCCO3)cc2)c1. The Kier molecular flexibility index (Phi) is 12.3. The standard InChI is InChI=1S/C40H49N3O9/c1-40(2,3)52-39(46)43-22-31-25-47-26-32(23-43)36(31)51-38(45)42-35(28-9-5-4-6-10-28)30-11-7-12-33(21-30)50-24-27-14-16-29(17-15-27)37(44)41-18-8-13-34-48-19-20-49-34/h4-7,9-12,14-17,21,31-32,34-36H,8,13,18-20,22-26H2,1-3H3,(H,41,44)(H,42,45). The van der Waals surface area contributed by atoms with E-state index in [0.29, 0.717) is 64.0 Å². The Morgan fingerprint density at radius 2 is 1.58 bits per heavy atom. The second-order valence-electron chi connectivity index (χ2n) is 14.4. The van der Waals surface area contributed by atoms with Gasteiger partial charge in [-0.05, 0) is 68.1 Å². The molecule has 3 amide bonds. The number of likely N-dealkylation sites (tertiary alicyclic amines) is 1. The highest BCUT2D eigenvalue weighted by Gasteiger charge is 2.45. The van der Waals surface area contributed by atoms with Crippen LogP contribution in [-0.2, 0) is 30.3 Å². The Morgan fingerprint density at radius 1 is 0.885 bits per heavy atom. The predicted octanol–water partition coefficient (Wildman–Crippen LogP) is 5.85. The maximum Gasteiger partial charge on any atom is 0.410 e. The van der Waals surface area contributed by atoms with Gasteiger partial charge in [-0.3, -0.25) is 4.79 Å². The predicted molar refractivity (Wildman–Crippen MR) is 192 cm³/mol. The second-order valence-corrected chi connectivity index (χ2v) is 14.4. The highest BCUT2D eigenvalue weighted by Crippen LogP contribution is 2.32. The molecule has 12 nitrogen and oxygen atoms in total. The quantitative estimate of drug-likeness (QED) is 0.222. The van der Waals surface area contributed by atoms with Gasteiger partial charge in [0.05, 0.1) is 32.5 Å². The summed E-state index contributed by atoms with van der Waals surface area (Å²) in [4.78, 5) is 40.7. The van der Waals surface area contributed by atoms with Gasteiger partial charge in [0.15, 0.2) is 6.29 Å². The van der Waals surface area contributed by atoms with Gasteiger partial charge in [0, 0.05) is 43.5 Å².